The van der Waals surface area contributed by atoms with E-state index in [0.29, 0.717) is 0 Å². The molecule has 0 bridgehead atoms. The van der Waals surface area contributed by atoms with Gasteiger partial charge in [0.15, 0.2) is 5.96 Å². The minimum absolute atomic E-state index is 0.0884. The summed E-state index contributed by atoms with van der Waals surface area (Å²) in [5, 5.41) is 1.47. The molecule has 1 aliphatic carbocycles. The highest BCUT2D eigenvalue weighted by atomic mass is 31.1. The van der Waals surface area contributed by atoms with Gasteiger partial charge >= 0.3 is 0 Å². The molecule has 12 heavy (non-hydrogen) atoms. The van der Waals surface area contributed by atoms with Crippen molar-refractivity contribution >= 4 is 13.9 Å². The van der Waals surface area contributed by atoms with E-state index in [9.17, 15) is 0 Å². The van der Waals surface area contributed by atoms with Crippen molar-refractivity contribution in [2.24, 2.45) is 0 Å². The van der Waals surface area contributed by atoms with Crippen LogP contribution in [-0.4, -0.2) is 24.4 Å². The molecule has 2 aliphatic rings. The summed E-state index contributed by atoms with van der Waals surface area (Å²) >= 11 is 0. The Balaban J connectivity index is 2.36. The molecular formula is C9H13N2P. The van der Waals surface area contributed by atoms with Crippen molar-refractivity contribution in [1.82, 2.24) is 0 Å². The highest BCUT2D eigenvalue weighted by Crippen LogP contribution is 2.48. The lowest BCUT2D eigenvalue weighted by Gasteiger charge is -2.31. The first-order chi connectivity index (χ1) is 5.77. The molecule has 0 saturated heterocycles. The van der Waals surface area contributed by atoms with E-state index in [0.717, 1.165) is 6.42 Å². The molecule has 0 fully saturated rings. The molecule has 1 aliphatic heterocycles. The average molecular weight is 180 g/mol. The predicted molar refractivity (Wildman–Crippen MR) is 53.9 cm³/mol. The molecule has 2 rings (SSSR count). The second-order valence-electron chi connectivity index (χ2n) is 3.16. The molecule has 0 aromatic rings. The van der Waals surface area contributed by atoms with Gasteiger partial charge in [0, 0.05) is 7.92 Å². The van der Waals surface area contributed by atoms with Crippen LogP contribution in [-0.2, 0) is 0 Å². The van der Waals surface area contributed by atoms with Crippen LogP contribution in [0.4, 0.5) is 0 Å². The average Bonchev–Trinajstić information content (AvgIpc) is 2.04. The third kappa shape index (κ3) is 1.32. The van der Waals surface area contributed by atoms with Crippen molar-refractivity contribution in [1.29, 1.82) is 0 Å². The summed E-state index contributed by atoms with van der Waals surface area (Å²) in [6, 6.07) is 0. The monoisotopic (exact) mass is 180 g/mol. The van der Waals surface area contributed by atoms with Crippen LogP contribution in [0, 0.1) is 0 Å². The Hall–Kier alpha value is -0.620. The topological polar surface area (TPSA) is 17.1 Å². The van der Waals surface area contributed by atoms with Crippen molar-refractivity contribution in [3.05, 3.63) is 28.6 Å². The Bertz CT molecular complexity index is 289. The van der Waals surface area contributed by atoms with E-state index in [-0.39, 0.29) is 7.92 Å². The maximum absolute atomic E-state index is 4.44. The van der Waals surface area contributed by atoms with Crippen LogP contribution in [0.3, 0.4) is 0 Å². The number of rotatable bonds is 0. The summed E-state index contributed by atoms with van der Waals surface area (Å²) in [7, 11) is 1.92. The van der Waals surface area contributed by atoms with Gasteiger partial charge in [0.2, 0.25) is 0 Å². The first-order valence-electron chi connectivity index (χ1n) is 4.20. The molecule has 0 saturated carbocycles. The Morgan fingerprint density at radius 2 is 2.17 bits per heavy atom. The standard InChI is InChI=1S/C9H13N2P/c1-11-7-12(2)9-6-4-3-5-8(9)10-11/h5-7H,3-4H2,1-2H3. The number of fused-ring (bicyclic) bond motifs is 1. The summed E-state index contributed by atoms with van der Waals surface area (Å²) < 4.78 is 1.94. The number of allylic oxidation sites excluding steroid dienone is 3. The molecule has 1 unspecified atom stereocenters. The van der Waals surface area contributed by atoms with Gasteiger partial charge in [-0.05, 0) is 24.8 Å². The van der Waals surface area contributed by atoms with Crippen LogP contribution in [0.1, 0.15) is 12.8 Å². The van der Waals surface area contributed by atoms with Gasteiger partial charge in [-0.3, -0.25) is 4.68 Å². The molecular weight excluding hydrogens is 167 g/mol. The van der Waals surface area contributed by atoms with Gasteiger partial charge in [0.1, 0.15) is 7.05 Å². The highest BCUT2D eigenvalue weighted by Gasteiger charge is 2.16. The predicted octanol–water partition coefficient (Wildman–Crippen LogP) is 2.63. The molecule has 64 valence electrons. The minimum atomic E-state index is -0.0884. The lowest BCUT2D eigenvalue weighted by Crippen LogP contribution is -2.10. The maximum Gasteiger partial charge on any atom is 0.160 e. The largest absolute Gasteiger partial charge is 0.410 e. The second-order valence-corrected chi connectivity index (χ2v) is 5.09. The SMILES string of the molecule is C[N+]1=CP(C)C2=CCCC=C2[N-]1. The van der Waals surface area contributed by atoms with Crippen LogP contribution < -0.4 is 0 Å². The van der Waals surface area contributed by atoms with E-state index < -0.39 is 0 Å². The quantitative estimate of drug-likeness (QED) is 0.402. The summed E-state index contributed by atoms with van der Waals surface area (Å²) in [6.45, 7) is 2.28. The summed E-state index contributed by atoms with van der Waals surface area (Å²) in [5.74, 6) is 2.21. The van der Waals surface area contributed by atoms with Crippen molar-refractivity contribution in [3.8, 4) is 0 Å². The molecule has 1 atom stereocenters. The zero-order valence-corrected chi connectivity index (χ0v) is 8.38. The van der Waals surface area contributed by atoms with Crippen molar-refractivity contribution in [2.45, 2.75) is 12.8 Å². The van der Waals surface area contributed by atoms with E-state index >= 15 is 0 Å². The van der Waals surface area contributed by atoms with E-state index in [1.807, 2.05) is 11.7 Å². The van der Waals surface area contributed by atoms with E-state index in [4.69, 9.17) is 0 Å². The fourth-order valence-electron chi connectivity index (χ4n) is 1.57. The van der Waals surface area contributed by atoms with E-state index in [2.05, 4.69) is 30.2 Å². The van der Waals surface area contributed by atoms with Crippen LogP contribution in [0.2, 0.25) is 0 Å². The molecule has 1 heterocycles. The molecule has 0 spiro atoms. The molecule has 0 aromatic carbocycles. The zero-order valence-electron chi connectivity index (χ0n) is 7.49. The number of nitrogens with zero attached hydrogens (tertiary/aromatic N) is 2. The lowest BCUT2D eigenvalue weighted by molar-refractivity contribution is -0.433. The van der Waals surface area contributed by atoms with Gasteiger partial charge in [-0.25, -0.2) is 0 Å². The number of hydrogen-bond donors (Lipinski definition) is 0. The van der Waals surface area contributed by atoms with Crippen molar-refractivity contribution in [3.63, 3.8) is 0 Å². The zero-order chi connectivity index (χ0) is 8.55. The molecule has 0 N–H and O–H groups in total. The normalized spacial score (nSPS) is 27.8. The van der Waals surface area contributed by atoms with Crippen LogP contribution in [0.5, 0.6) is 0 Å². The molecule has 0 aromatic heterocycles. The van der Waals surface area contributed by atoms with Crippen LogP contribution in [0.15, 0.2) is 23.2 Å². The smallest absolute Gasteiger partial charge is 0.160 e. The molecule has 3 heteroatoms. The van der Waals surface area contributed by atoms with Crippen LogP contribution >= 0.6 is 7.92 Å². The van der Waals surface area contributed by atoms with E-state index in [1.54, 1.807) is 0 Å². The van der Waals surface area contributed by atoms with Gasteiger partial charge in [-0.15, -0.1) is 0 Å². The second kappa shape index (κ2) is 3.02. The van der Waals surface area contributed by atoms with E-state index in [1.165, 1.54) is 17.4 Å². The highest BCUT2D eigenvalue weighted by molar-refractivity contribution is 7.75. The maximum atomic E-state index is 4.44. The Kier molecular flexibility index (Phi) is 2.02. The fraction of sp³-hybridized carbons (Fsp3) is 0.444. The summed E-state index contributed by atoms with van der Waals surface area (Å²) in [4.78, 5) is 0. The Morgan fingerprint density at radius 3 is 3.00 bits per heavy atom. The number of hydrogen-bond acceptors (Lipinski definition) is 0. The molecule has 2 nitrogen and oxygen atoms in total. The van der Waals surface area contributed by atoms with Gasteiger partial charge in [-0.1, -0.05) is 17.8 Å². The van der Waals surface area contributed by atoms with Gasteiger partial charge in [0.05, 0.1) is 0 Å². The minimum Gasteiger partial charge on any atom is -0.410 e. The van der Waals surface area contributed by atoms with Crippen molar-refractivity contribution < 1.29 is 4.68 Å². The van der Waals surface area contributed by atoms with Crippen LogP contribution in [0.25, 0.3) is 5.43 Å². The van der Waals surface area contributed by atoms with Gasteiger partial charge in [-0.2, -0.15) is 0 Å². The molecule has 0 amide bonds. The Morgan fingerprint density at radius 1 is 1.42 bits per heavy atom. The van der Waals surface area contributed by atoms with Crippen molar-refractivity contribution in [2.75, 3.05) is 13.7 Å². The third-order valence-corrected chi connectivity index (χ3v) is 3.94. The summed E-state index contributed by atoms with van der Waals surface area (Å²) in [6.07, 6.45) is 6.93. The third-order valence-electron chi connectivity index (χ3n) is 2.09. The van der Waals surface area contributed by atoms with Gasteiger partial charge in [0.25, 0.3) is 0 Å². The first-order valence-corrected chi connectivity index (χ1v) is 6.06. The Labute approximate surface area is 74.4 Å². The fourth-order valence-corrected chi connectivity index (χ4v) is 3.17. The van der Waals surface area contributed by atoms with Gasteiger partial charge < -0.3 is 5.43 Å². The molecule has 0 radical (unpaired) electrons. The first kappa shape index (κ1) is 8.00. The summed E-state index contributed by atoms with van der Waals surface area (Å²) in [5.41, 5.74) is 5.65. The lowest BCUT2D eigenvalue weighted by atomic mass is 10.1.